The average Bonchev–Trinajstić information content (AvgIpc) is 3.27. The highest BCUT2D eigenvalue weighted by Gasteiger charge is 2.26. The zero-order valence-corrected chi connectivity index (χ0v) is 24.3. The molecule has 0 bridgehead atoms. The number of benzene rings is 1. The van der Waals surface area contributed by atoms with Crippen LogP contribution in [0, 0.1) is 6.92 Å². The van der Waals surface area contributed by atoms with Crippen molar-refractivity contribution in [3.63, 3.8) is 0 Å². The predicted octanol–water partition coefficient (Wildman–Crippen LogP) is 4.95. The van der Waals surface area contributed by atoms with Crippen LogP contribution in [0.25, 0.3) is 0 Å². The SMILES string of the molecule is C/C=C/C=C/C(=O)N1CCc2cc(C(=O)NS(=O)(=O)CCCCC)c(OCc3nc(C(C)C)oc3C)cc2C1. The Balaban J connectivity index is 1.90. The number of carbonyl (C=O) groups is 2. The van der Waals surface area contributed by atoms with E-state index in [0.29, 0.717) is 43.3 Å². The largest absolute Gasteiger partial charge is 0.486 e. The molecular formula is C29H39N3O6S. The smallest absolute Gasteiger partial charge is 0.268 e. The van der Waals surface area contributed by atoms with Crippen molar-refractivity contribution in [2.45, 2.75) is 79.4 Å². The van der Waals surface area contributed by atoms with Gasteiger partial charge < -0.3 is 14.1 Å². The summed E-state index contributed by atoms with van der Waals surface area (Å²) >= 11 is 0. The molecule has 212 valence electrons. The first-order valence-electron chi connectivity index (χ1n) is 13.4. The van der Waals surface area contributed by atoms with Crippen molar-refractivity contribution >= 4 is 21.8 Å². The lowest BCUT2D eigenvalue weighted by Gasteiger charge is -2.29. The number of oxazole rings is 1. The van der Waals surface area contributed by atoms with Gasteiger partial charge in [-0.3, -0.25) is 9.59 Å². The summed E-state index contributed by atoms with van der Waals surface area (Å²) in [6.07, 6.45) is 9.49. The second-order valence-corrected chi connectivity index (χ2v) is 11.8. The monoisotopic (exact) mass is 557 g/mol. The molecule has 0 fully saturated rings. The number of unbranched alkanes of at least 4 members (excludes halogenated alkanes) is 2. The Morgan fingerprint density at radius 3 is 2.64 bits per heavy atom. The van der Waals surface area contributed by atoms with Gasteiger partial charge in [-0.2, -0.15) is 0 Å². The fourth-order valence-electron chi connectivity index (χ4n) is 4.19. The second kappa shape index (κ2) is 13.6. The van der Waals surface area contributed by atoms with E-state index in [1.165, 1.54) is 6.08 Å². The zero-order chi connectivity index (χ0) is 28.6. The standard InChI is InChI=1S/C29H39N3O6S/c1-6-8-10-12-27(33)32-14-13-22-16-24(28(34)31-39(35,36)15-11-9-7-2)26(17-23(22)18-32)37-19-25-21(5)38-29(30-25)20(3)4/h6,8,10,12,16-17,20H,7,9,11,13-15,18-19H2,1-5H3,(H,31,34)/b8-6+,12-10+. The Hall–Kier alpha value is -3.40. The summed E-state index contributed by atoms with van der Waals surface area (Å²) < 4.78 is 39.1. The van der Waals surface area contributed by atoms with Crippen LogP contribution in [-0.2, 0) is 34.4 Å². The first kappa shape index (κ1) is 30.1. The Labute approximate surface area is 231 Å². The van der Waals surface area contributed by atoms with Gasteiger partial charge >= 0.3 is 0 Å². The normalized spacial score (nSPS) is 13.8. The fourth-order valence-corrected chi connectivity index (χ4v) is 5.27. The molecule has 2 heterocycles. The van der Waals surface area contributed by atoms with Crippen LogP contribution in [0.4, 0.5) is 0 Å². The first-order valence-corrected chi connectivity index (χ1v) is 15.1. The number of aryl methyl sites for hydroxylation is 1. The Morgan fingerprint density at radius 2 is 1.97 bits per heavy atom. The molecule has 0 atom stereocenters. The van der Waals surface area contributed by atoms with Gasteiger partial charge in [0.25, 0.3) is 5.91 Å². The van der Waals surface area contributed by atoms with Gasteiger partial charge in [0, 0.05) is 25.1 Å². The third-order valence-electron chi connectivity index (χ3n) is 6.45. The van der Waals surface area contributed by atoms with E-state index in [1.54, 1.807) is 36.1 Å². The van der Waals surface area contributed by atoms with E-state index < -0.39 is 15.9 Å². The molecule has 3 rings (SSSR count). The van der Waals surface area contributed by atoms with Crippen molar-refractivity contribution in [2.24, 2.45) is 0 Å². The van der Waals surface area contributed by atoms with Gasteiger partial charge in [0.05, 0.1) is 11.3 Å². The summed E-state index contributed by atoms with van der Waals surface area (Å²) in [7, 11) is -3.80. The van der Waals surface area contributed by atoms with Crippen LogP contribution in [0.3, 0.4) is 0 Å². The number of hydrogen-bond donors (Lipinski definition) is 1. The van der Waals surface area contributed by atoms with Gasteiger partial charge in [-0.05, 0) is 49.9 Å². The number of ether oxygens (including phenoxy) is 1. The predicted molar refractivity (Wildman–Crippen MR) is 150 cm³/mol. The van der Waals surface area contributed by atoms with E-state index in [2.05, 4.69) is 9.71 Å². The van der Waals surface area contributed by atoms with E-state index in [1.807, 2.05) is 33.8 Å². The minimum absolute atomic E-state index is 0.0408. The van der Waals surface area contributed by atoms with Crippen LogP contribution in [0.1, 0.15) is 91.7 Å². The molecular weight excluding hydrogens is 518 g/mol. The quantitative estimate of drug-likeness (QED) is 0.223. The molecule has 0 unspecified atom stereocenters. The maximum atomic E-state index is 13.2. The fraction of sp³-hybridized carbons (Fsp3) is 0.483. The summed E-state index contributed by atoms with van der Waals surface area (Å²) in [4.78, 5) is 32.1. The zero-order valence-electron chi connectivity index (χ0n) is 23.5. The minimum Gasteiger partial charge on any atom is -0.486 e. The van der Waals surface area contributed by atoms with Crippen molar-refractivity contribution in [3.8, 4) is 5.75 Å². The first-order chi connectivity index (χ1) is 18.5. The molecule has 2 amide bonds. The van der Waals surface area contributed by atoms with Gasteiger partial charge in [0.2, 0.25) is 15.9 Å². The van der Waals surface area contributed by atoms with E-state index in [0.717, 1.165) is 24.0 Å². The lowest BCUT2D eigenvalue weighted by molar-refractivity contribution is -0.126. The van der Waals surface area contributed by atoms with Crippen LogP contribution in [0.2, 0.25) is 0 Å². The molecule has 9 nitrogen and oxygen atoms in total. The molecule has 1 aromatic heterocycles. The van der Waals surface area contributed by atoms with Crippen LogP contribution in [-0.4, -0.2) is 42.4 Å². The highest BCUT2D eigenvalue weighted by Crippen LogP contribution is 2.30. The maximum absolute atomic E-state index is 13.2. The minimum atomic E-state index is -3.80. The molecule has 0 spiro atoms. The van der Waals surface area contributed by atoms with Crippen molar-refractivity contribution in [1.29, 1.82) is 0 Å². The third kappa shape index (κ3) is 8.29. The molecule has 1 aliphatic heterocycles. The van der Waals surface area contributed by atoms with Crippen molar-refractivity contribution < 1.29 is 27.2 Å². The number of allylic oxidation sites excluding steroid dienone is 3. The number of amides is 2. The molecule has 2 aromatic rings. The van der Waals surface area contributed by atoms with Gasteiger partial charge in [-0.1, -0.05) is 51.8 Å². The number of carbonyl (C=O) groups excluding carboxylic acids is 2. The molecule has 0 saturated carbocycles. The van der Waals surface area contributed by atoms with Crippen LogP contribution >= 0.6 is 0 Å². The van der Waals surface area contributed by atoms with E-state index >= 15 is 0 Å². The lowest BCUT2D eigenvalue weighted by Crippen LogP contribution is -2.36. The van der Waals surface area contributed by atoms with Gasteiger partial charge in [0.1, 0.15) is 23.8 Å². The number of nitrogens with one attached hydrogen (secondary N) is 1. The van der Waals surface area contributed by atoms with Gasteiger partial charge in [0.15, 0.2) is 5.89 Å². The van der Waals surface area contributed by atoms with Crippen molar-refractivity contribution in [3.05, 3.63) is 70.5 Å². The summed E-state index contributed by atoms with van der Waals surface area (Å²) in [6, 6.07) is 3.40. The maximum Gasteiger partial charge on any atom is 0.268 e. The van der Waals surface area contributed by atoms with Crippen molar-refractivity contribution in [1.82, 2.24) is 14.6 Å². The van der Waals surface area contributed by atoms with E-state index in [4.69, 9.17) is 9.15 Å². The van der Waals surface area contributed by atoms with Crippen LogP contribution in [0.15, 0.2) is 40.9 Å². The summed E-state index contributed by atoms with van der Waals surface area (Å²) in [5, 5.41) is 0. The summed E-state index contributed by atoms with van der Waals surface area (Å²) in [5.41, 5.74) is 2.44. The molecule has 0 aliphatic carbocycles. The summed E-state index contributed by atoms with van der Waals surface area (Å²) in [6.45, 7) is 10.5. The average molecular weight is 558 g/mol. The number of aromatic nitrogens is 1. The lowest BCUT2D eigenvalue weighted by atomic mass is 9.96. The van der Waals surface area contributed by atoms with Gasteiger partial charge in [-0.15, -0.1) is 0 Å². The van der Waals surface area contributed by atoms with Crippen molar-refractivity contribution in [2.75, 3.05) is 12.3 Å². The number of rotatable bonds is 12. The van der Waals surface area contributed by atoms with E-state index in [-0.39, 0.29) is 35.5 Å². The third-order valence-corrected chi connectivity index (χ3v) is 7.77. The molecule has 1 aromatic carbocycles. The van der Waals surface area contributed by atoms with Crippen LogP contribution in [0.5, 0.6) is 5.75 Å². The number of sulfonamides is 1. The highest BCUT2D eigenvalue weighted by molar-refractivity contribution is 7.90. The Bertz CT molecular complexity index is 1340. The number of hydrogen-bond acceptors (Lipinski definition) is 7. The number of nitrogens with zero attached hydrogens (tertiary/aromatic N) is 2. The van der Waals surface area contributed by atoms with Crippen LogP contribution < -0.4 is 9.46 Å². The van der Waals surface area contributed by atoms with E-state index in [9.17, 15) is 18.0 Å². The second-order valence-electron chi connectivity index (χ2n) is 9.97. The Morgan fingerprint density at radius 1 is 1.21 bits per heavy atom. The summed E-state index contributed by atoms with van der Waals surface area (Å²) in [5.74, 6) is 0.561. The molecule has 1 aliphatic rings. The topological polar surface area (TPSA) is 119 Å². The highest BCUT2D eigenvalue weighted by atomic mass is 32.2. The molecule has 10 heteroatoms. The Kier molecular flexibility index (Phi) is 10.5. The van der Waals surface area contributed by atoms with Gasteiger partial charge in [-0.25, -0.2) is 18.1 Å². The molecule has 39 heavy (non-hydrogen) atoms. The molecule has 0 saturated heterocycles. The molecule has 1 N–H and O–H groups in total. The molecule has 0 radical (unpaired) electrons. The number of fused-ring (bicyclic) bond motifs is 1.